The molecule has 0 heterocycles. The molecule has 0 radical (unpaired) electrons. The van der Waals surface area contributed by atoms with Crippen LogP contribution >= 0.6 is 0 Å². The second-order valence-electron chi connectivity index (χ2n) is 3.47. The number of rotatable bonds is 4. The van der Waals surface area contributed by atoms with Crippen molar-refractivity contribution < 1.29 is 32.9 Å². The summed E-state index contributed by atoms with van der Waals surface area (Å²) in [6.07, 6.45) is -5.39. The number of ether oxygens (including phenoxy) is 1. The van der Waals surface area contributed by atoms with E-state index in [1.54, 1.807) is 0 Å². The van der Waals surface area contributed by atoms with Crippen LogP contribution in [0.25, 0.3) is 0 Å². The number of halogens is 3. The van der Waals surface area contributed by atoms with Gasteiger partial charge in [-0.3, -0.25) is 4.79 Å². The van der Waals surface area contributed by atoms with E-state index in [2.05, 4.69) is 4.74 Å². The molecule has 0 aliphatic rings. The second-order valence-corrected chi connectivity index (χ2v) is 3.47. The van der Waals surface area contributed by atoms with Crippen LogP contribution < -0.4 is 10.5 Å². The van der Waals surface area contributed by atoms with Crippen LogP contribution in [0.1, 0.15) is 18.0 Å². The van der Waals surface area contributed by atoms with E-state index in [0.717, 1.165) is 18.2 Å². The third-order valence-electron chi connectivity index (χ3n) is 2.03. The van der Waals surface area contributed by atoms with Crippen LogP contribution in [-0.4, -0.2) is 22.5 Å². The van der Waals surface area contributed by atoms with Crippen LogP contribution in [0.15, 0.2) is 18.2 Å². The summed E-state index contributed by atoms with van der Waals surface area (Å²) in [6, 6.07) is 1.59. The summed E-state index contributed by atoms with van der Waals surface area (Å²) in [5.41, 5.74) is 5.33. The van der Waals surface area contributed by atoms with Gasteiger partial charge in [0.1, 0.15) is 11.5 Å². The van der Waals surface area contributed by atoms with Crippen molar-refractivity contribution in [3.05, 3.63) is 23.8 Å². The van der Waals surface area contributed by atoms with Crippen molar-refractivity contribution in [2.45, 2.75) is 18.8 Å². The van der Waals surface area contributed by atoms with E-state index in [1.807, 2.05) is 0 Å². The van der Waals surface area contributed by atoms with Gasteiger partial charge in [0.2, 0.25) is 0 Å². The molecule has 100 valence electrons. The molecule has 0 spiro atoms. The van der Waals surface area contributed by atoms with Gasteiger partial charge in [-0.15, -0.1) is 13.2 Å². The first kappa shape index (κ1) is 14.1. The van der Waals surface area contributed by atoms with Crippen molar-refractivity contribution in [3.8, 4) is 11.5 Å². The number of benzene rings is 1. The van der Waals surface area contributed by atoms with Crippen LogP contribution in [0.3, 0.4) is 0 Å². The molecule has 4 N–H and O–H groups in total. The molecule has 0 aliphatic heterocycles. The Balaban J connectivity index is 2.97. The van der Waals surface area contributed by atoms with Crippen LogP contribution in [0.4, 0.5) is 13.2 Å². The fraction of sp³-hybridized carbons (Fsp3) is 0.300. The number of carbonyl (C=O) groups is 1. The predicted molar refractivity (Wildman–Crippen MR) is 54.0 cm³/mol. The highest BCUT2D eigenvalue weighted by atomic mass is 19.4. The molecule has 0 amide bonds. The van der Waals surface area contributed by atoms with E-state index >= 15 is 0 Å². The Labute approximate surface area is 99.6 Å². The van der Waals surface area contributed by atoms with Gasteiger partial charge < -0.3 is 20.7 Å². The lowest BCUT2D eigenvalue weighted by atomic mass is 10.0. The number of hydrogen-bond donors (Lipinski definition) is 3. The molecule has 0 fully saturated rings. The van der Waals surface area contributed by atoms with Crippen LogP contribution in [0, 0.1) is 0 Å². The van der Waals surface area contributed by atoms with E-state index in [1.165, 1.54) is 0 Å². The maximum atomic E-state index is 12.0. The van der Waals surface area contributed by atoms with Crippen LogP contribution in [-0.2, 0) is 4.79 Å². The Hall–Kier alpha value is -1.96. The minimum atomic E-state index is -4.87. The van der Waals surface area contributed by atoms with Gasteiger partial charge in [-0.05, 0) is 18.2 Å². The van der Waals surface area contributed by atoms with Gasteiger partial charge in [-0.2, -0.15) is 0 Å². The van der Waals surface area contributed by atoms with Crippen LogP contribution in [0.2, 0.25) is 0 Å². The summed E-state index contributed by atoms with van der Waals surface area (Å²) in [7, 11) is 0. The van der Waals surface area contributed by atoms with E-state index in [4.69, 9.17) is 10.8 Å². The molecule has 0 aromatic heterocycles. The summed E-state index contributed by atoms with van der Waals surface area (Å²) >= 11 is 0. The molecule has 1 atom stereocenters. The molecule has 1 aromatic rings. The van der Waals surface area contributed by atoms with E-state index in [-0.39, 0.29) is 5.56 Å². The number of alkyl halides is 3. The van der Waals surface area contributed by atoms with Crippen molar-refractivity contribution in [1.82, 2.24) is 0 Å². The Morgan fingerprint density at radius 1 is 1.44 bits per heavy atom. The summed E-state index contributed by atoms with van der Waals surface area (Å²) in [5.74, 6) is -2.20. The Morgan fingerprint density at radius 2 is 2.06 bits per heavy atom. The molecule has 0 aliphatic carbocycles. The number of aromatic hydroxyl groups is 1. The quantitative estimate of drug-likeness (QED) is 0.771. The molecule has 5 nitrogen and oxygen atoms in total. The summed E-state index contributed by atoms with van der Waals surface area (Å²) in [5, 5.41) is 17.9. The molecule has 1 aromatic carbocycles. The van der Waals surface area contributed by atoms with Gasteiger partial charge in [0.15, 0.2) is 0 Å². The monoisotopic (exact) mass is 265 g/mol. The summed E-state index contributed by atoms with van der Waals surface area (Å²) in [4.78, 5) is 10.4. The fourth-order valence-corrected chi connectivity index (χ4v) is 1.32. The first-order valence-electron chi connectivity index (χ1n) is 4.75. The Morgan fingerprint density at radius 3 is 2.56 bits per heavy atom. The van der Waals surface area contributed by atoms with E-state index < -0.39 is 36.3 Å². The smallest absolute Gasteiger partial charge is 0.508 e. The zero-order valence-electron chi connectivity index (χ0n) is 8.94. The first-order valence-corrected chi connectivity index (χ1v) is 4.75. The average Bonchev–Trinajstić information content (AvgIpc) is 2.17. The van der Waals surface area contributed by atoms with Gasteiger partial charge in [-0.1, -0.05) is 0 Å². The highest BCUT2D eigenvalue weighted by Crippen LogP contribution is 2.31. The SMILES string of the molecule is N[C@@H](CC(=O)O)c1cc(OC(F)(F)F)ccc1O. The van der Waals surface area contributed by atoms with Crippen molar-refractivity contribution in [3.63, 3.8) is 0 Å². The minimum Gasteiger partial charge on any atom is -0.508 e. The zero-order chi connectivity index (χ0) is 13.9. The van der Waals surface area contributed by atoms with Crippen LogP contribution in [0.5, 0.6) is 11.5 Å². The number of carboxylic acid groups (broad SMARTS) is 1. The normalized spacial score (nSPS) is 13.1. The lowest BCUT2D eigenvalue weighted by Gasteiger charge is -2.14. The number of nitrogens with two attached hydrogens (primary N) is 1. The van der Waals surface area contributed by atoms with Crippen molar-refractivity contribution in [2.75, 3.05) is 0 Å². The van der Waals surface area contributed by atoms with Gasteiger partial charge in [0.05, 0.1) is 6.42 Å². The Bertz CT molecular complexity index is 447. The highest BCUT2D eigenvalue weighted by molar-refractivity contribution is 5.68. The lowest BCUT2D eigenvalue weighted by Crippen LogP contribution is -2.18. The number of hydrogen-bond acceptors (Lipinski definition) is 4. The Kier molecular flexibility index (Phi) is 4.02. The van der Waals surface area contributed by atoms with Gasteiger partial charge in [-0.25, -0.2) is 0 Å². The highest BCUT2D eigenvalue weighted by Gasteiger charge is 2.31. The second kappa shape index (κ2) is 5.13. The maximum Gasteiger partial charge on any atom is 0.573 e. The maximum absolute atomic E-state index is 12.0. The topological polar surface area (TPSA) is 92.8 Å². The van der Waals surface area contributed by atoms with E-state index in [9.17, 15) is 23.1 Å². The third-order valence-corrected chi connectivity index (χ3v) is 2.03. The number of carboxylic acids is 1. The molecule has 0 bridgehead atoms. The number of aliphatic carboxylic acids is 1. The first-order chi connectivity index (χ1) is 8.19. The average molecular weight is 265 g/mol. The summed E-state index contributed by atoms with van der Waals surface area (Å²) in [6.45, 7) is 0. The van der Waals surface area contributed by atoms with Gasteiger partial charge in [0, 0.05) is 11.6 Å². The standard InChI is InChI=1S/C10H10F3NO4/c11-10(12,13)18-5-1-2-8(15)6(3-5)7(14)4-9(16)17/h1-3,7,15H,4,14H2,(H,16,17)/t7-/m0/s1. The van der Waals surface area contributed by atoms with Gasteiger partial charge in [0.25, 0.3) is 0 Å². The van der Waals surface area contributed by atoms with Crippen molar-refractivity contribution in [1.29, 1.82) is 0 Å². The van der Waals surface area contributed by atoms with Crippen molar-refractivity contribution in [2.24, 2.45) is 5.73 Å². The molecule has 0 saturated heterocycles. The number of phenolic OH excluding ortho intramolecular Hbond substituents is 1. The molecule has 0 unspecified atom stereocenters. The summed E-state index contributed by atoms with van der Waals surface area (Å²) < 4.78 is 39.6. The molecule has 1 rings (SSSR count). The zero-order valence-corrected chi connectivity index (χ0v) is 8.94. The third kappa shape index (κ3) is 4.13. The molecule has 0 saturated carbocycles. The predicted octanol–water partition coefficient (Wildman–Crippen LogP) is 1.77. The largest absolute Gasteiger partial charge is 0.573 e. The van der Waals surface area contributed by atoms with Gasteiger partial charge >= 0.3 is 12.3 Å². The fourth-order valence-electron chi connectivity index (χ4n) is 1.32. The lowest BCUT2D eigenvalue weighted by molar-refractivity contribution is -0.274. The molecule has 8 heteroatoms. The molecular formula is C10H10F3NO4. The molecular weight excluding hydrogens is 255 g/mol. The molecule has 18 heavy (non-hydrogen) atoms. The minimum absolute atomic E-state index is 0.126. The van der Waals surface area contributed by atoms with Crippen molar-refractivity contribution >= 4 is 5.97 Å². The van der Waals surface area contributed by atoms with E-state index in [0.29, 0.717) is 0 Å². The number of phenols is 1.